The summed E-state index contributed by atoms with van der Waals surface area (Å²) in [5, 5.41) is 39.2. The van der Waals surface area contributed by atoms with Gasteiger partial charge in [-0.2, -0.15) is 0 Å². The lowest BCUT2D eigenvalue weighted by molar-refractivity contribution is -0.121. The molecule has 2 aromatic carbocycles. The van der Waals surface area contributed by atoms with Crippen LogP contribution in [0.15, 0.2) is 24.3 Å². The monoisotopic (exact) mass is 370 g/mol. The molecule has 0 aromatic heterocycles. The number of rotatable bonds is 4. The van der Waals surface area contributed by atoms with Gasteiger partial charge >= 0.3 is 0 Å². The van der Waals surface area contributed by atoms with Gasteiger partial charge in [0.2, 0.25) is 0 Å². The highest BCUT2D eigenvalue weighted by molar-refractivity contribution is 6.32. The Labute approximate surface area is 148 Å². The topological polar surface area (TPSA) is 98.0 Å². The second kappa shape index (κ2) is 6.79. The fourth-order valence-electron chi connectivity index (χ4n) is 2.55. The van der Waals surface area contributed by atoms with E-state index in [2.05, 4.69) is 0 Å². The van der Waals surface area contributed by atoms with E-state index in [1.807, 2.05) is 0 Å². The van der Waals surface area contributed by atoms with Crippen molar-refractivity contribution in [1.82, 2.24) is 0 Å². The quantitative estimate of drug-likeness (QED) is 0.601. The molecule has 0 heterocycles. The van der Waals surface area contributed by atoms with Gasteiger partial charge in [-0.15, -0.1) is 0 Å². The van der Waals surface area contributed by atoms with Gasteiger partial charge in [0, 0.05) is 35.1 Å². The number of hydrogen-bond donors (Lipinski definition) is 4. The van der Waals surface area contributed by atoms with Crippen LogP contribution >= 0.6 is 23.2 Å². The molecule has 2 atom stereocenters. The average molecular weight is 371 g/mol. The predicted molar refractivity (Wildman–Crippen MR) is 91.4 cm³/mol. The molecule has 0 aliphatic carbocycles. The van der Waals surface area contributed by atoms with Crippen LogP contribution in [0.4, 0.5) is 0 Å². The van der Waals surface area contributed by atoms with Gasteiger partial charge in [-0.25, -0.2) is 0 Å². The van der Waals surface area contributed by atoms with E-state index >= 15 is 0 Å². The first-order valence-electron chi connectivity index (χ1n) is 7.10. The summed E-state index contributed by atoms with van der Waals surface area (Å²) >= 11 is 11.6. The molecule has 0 saturated carbocycles. The van der Waals surface area contributed by atoms with Gasteiger partial charge in [-0.1, -0.05) is 37.0 Å². The fourth-order valence-corrected chi connectivity index (χ4v) is 2.99. The molecule has 2 rings (SSSR count). The maximum absolute atomic E-state index is 12.7. The van der Waals surface area contributed by atoms with Crippen LogP contribution in [0.25, 0.3) is 0 Å². The van der Waals surface area contributed by atoms with Crippen LogP contribution in [0.5, 0.6) is 23.0 Å². The van der Waals surface area contributed by atoms with E-state index in [-0.39, 0.29) is 50.0 Å². The lowest BCUT2D eigenvalue weighted by Gasteiger charge is -2.20. The SMILES string of the molecule is CC(C(=O)C(C)c1cc(O)cc(Cl)c1O)c1cc(O)cc(Cl)c1O. The number of phenols is 4. The third-order valence-electron chi connectivity index (χ3n) is 3.94. The van der Waals surface area contributed by atoms with Crippen molar-refractivity contribution in [3.63, 3.8) is 0 Å². The average Bonchev–Trinajstić information content (AvgIpc) is 2.52. The Morgan fingerprint density at radius 1 is 0.792 bits per heavy atom. The standard InChI is InChI=1S/C17H16Cl2O5/c1-7(11-3-9(20)5-13(18)16(11)23)15(22)8(2)12-4-10(21)6-14(19)17(12)24/h3-8,20-21,23-24H,1-2H3. The summed E-state index contributed by atoms with van der Waals surface area (Å²) in [5.74, 6) is -2.92. The number of aromatic hydroxyl groups is 4. The fraction of sp³-hybridized carbons (Fsp3) is 0.235. The highest BCUT2D eigenvalue weighted by Crippen LogP contribution is 2.41. The number of carbonyl (C=O) groups is 1. The third kappa shape index (κ3) is 3.37. The molecule has 0 aliphatic heterocycles. The Morgan fingerprint density at radius 3 is 1.46 bits per heavy atom. The van der Waals surface area contributed by atoms with Crippen LogP contribution in [0.1, 0.15) is 36.8 Å². The van der Waals surface area contributed by atoms with Gasteiger partial charge in [0.25, 0.3) is 0 Å². The van der Waals surface area contributed by atoms with Crippen molar-refractivity contribution in [2.45, 2.75) is 25.7 Å². The Morgan fingerprint density at radius 2 is 1.12 bits per heavy atom. The Balaban J connectivity index is 2.42. The molecular formula is C17H16Cl2O5. The number of Topliss-reactive ketones (excluding diaryl/α,β-unsaturated/α-hetero) is 1. The molecule has 0 spiro atoms. The molecule has 5 nitrogen and oxygen atoms in total. The molecule has 4 N–H and O–H groups in total. The number of hydrogen-bond acceptors (Lipinski definition) is 5. The van der Waals surface area contributed by atoms with Crippen LogP contribution in [-0.4, -0.2) is 26.2 Å². The minimum absolute atomic E-state index is 0.0689. The first-order valence-corrected chi connectivity index (χ1v) is 7.85. The number of carbonyl (C=O) groups excluding carboxylic acids is 1. The van der Waals surface area contributed by atoms with Crippen molar-refractivity contribution in [2.24, 2.45) is 0 Å². The van der Waals surface area contributed by atoms with Crippen molar-refractivity contribution in [2.75, 3.05) is 0 Å². The maximum atomic E-state index is 12.7. The van der Waals surface area contributed by atoms with Crippen molar-refractivity contribution < 1.29 is 25.2 Å². The zero-order valence-electron chi connectivity index (χ0n) is 12.9. The minimum Gasteiger partial charge on any atom is -0.508 e. The van der Waals surface area contributed by atoms with Crippen LogP contribution < -0.4 is 0 Å². The van der Waals surface area contributed by atoms with E-state index in [0.29, 0.717) is 0 Å². The van der Waals surface area contributed by atoms with Crippen LogP contribution in [-0.2, 0) is 4.79 Å². The molecule has 0 aliphatic rings. The molecule has 0 fully saturated rings. The molecule has 0 amide bonds. The van der Waals surface area contributed by atoms with Gasteiger partial charge in [0.1, 0.15) is 28.8 Å². The molecular weight excluding hydrogens is 355 g/mol. The summed E-state index contributed by atoms with van der Waals surface area (Å²) in [6, 6.07) is 4.85. The summed E-state index contributed by atoms with van der Waals surface area (Å²) in [4.78, 5) is 12.7. The molecule has 0 radical (unpaired) electrons. The summed E-state index contributed by atoms with van der Waals surface area (Å²) in [5.41, 5.74) is 0.338. The Kier molecular flexibility index (Phi) is 5.16. The van der Waals surface area contributed by atoms with Gasteiger partial charge < -0.3 is 20.4 Å². The largest absolute Gasteiger partial charge is 0.508 e. The molecule has 128 valence electrons. The normalized spacial score (nSPS) is 13.5. The van der Waals surface area contributed by atoms with Crippen molar-refractivity contribution in [1.29, 1.82) is 0 Å². The second-order valence-corrected chi connectivity index (χ2v) is 6.39. The highest BCUT2D eigenvalue weighted by atomic mass is 35.5. The predicted octanol–water partition coefficient (Wildman–Crippen LogP) is 4.29. The second-order valence-electron chi connectivity index (χ2n) is 5.58. The summed E-state index contributed by atoms with van der Waals surface area (Å²) in [6.45, 7) is 3.09. The molecule has 24 heavy (non-hydrogen) atoms. The van der Waals surface area contributed by atoms with Gasteiger partial charge in [-0.05, 0) is 12.1 Å². The van der Waals surface area contributed by atoms with E-state index in [0.717, 1.165) is 0 Å². The lowest BCUT2D eigenvalue weighted by Crippen LogP contribution is -2.17. The number of phenolic OH excluding ortho intramolecular Hbond substituents is 4. The highest BCUT2D eigenvalue weighted by Gasteiger charge is 2.28. The summed E-state index contributed by atoms with van der Waals surface area (Å²) < 4.78 is 0. The van der Waals surface area contributed by atoms with Crippen molar-refractivity contribution in [3.05, 3.63) is 45.4 Å². The molecule has 0 bridgehead atoms. The van der Waals surface area contributed by atoms with E-state index in [1.165, 1.54) is 24.3 Å². The first kappa shape index (κ1) is 18.2. The zero-order chi connectivity index (χ0) is 18.2. The zero-order valence-corrected chi connectivity index (χ0v) is 14.4. The van der Waals surface area contributed by atoms with Gasteiger partial charge in [-0.3, -0.25) is 4.79 Å². The van der Waals surface area contributed by atoms with Crippen LogP contribution in [0.2, 0.25) is 10.0 Å². The summed E-state index contributed by atoms with van der Waals surface area (Å²) in [6.07, 6.45) is 0. The summed E-state index contributed by atoms with van der Waals surface area (Å²) in [7, 11) is 0. The Bertz CT molecular complexity index is 739. The van der Waals surface area contributed by atoms with Crippen LogP contribution in [0.3, 0.4) is 0 Å². The van der Waals surface area contributed by atoms with E-state index in [1.54, 1.807) is 13.8 Å². The molecule has 2 unspecified atom stereocenters. The maximum Gasteiger partial charge on any atom is 0.147 e. The third-order valence-corrected chi connectivity index (χ3v) is 4.52. The van der Waals surface area contributed by atoms with Gasteiger partial charge in [0.05, 0.1) is 10.0 Å². The minimum atomic E-state index is -0.815. The Hall–Kier alpha value is -2.11. The smallest absolute Gasteiger partial charge is 0.147 e. The van der Waals surface area contributed by atoms with E-state index in [4.69, 9.17) is 23.2 Å². The lowest BCUT2D eigenvalue weighted by atomic mass is 9.85. The molecule has 0 saturated heterocycles. The number of halogens is 2. The van der Waals surface area contributed by atoms with E-state index < -0.39 is 11.8 Å². The number of benzene rings is 2. The van der Waals surface area contributed by atoms with Crippen molar-refractivity contribution >= 4 is 29.0 Å². The van der Waals surface area contributed by atoms with Gasteiger partial charge in [0.15, 0.2) is 0 Å². The van der Waals surface area contributed by atoms with E-state index in [9.17, 15) is 25.2 Å². The first-order chi connectivity index (χ1) is 11.1. The molecule has 7 heteroatoms. The van der Waals surface area contributed by atoms with Crippen LogP contribution in [0, 0.1) is 0 Å². The number of ketones is 1. The van der Waals surface area contributed by atoms with Crippen molar-refractivity contribution in [3.8, 4) is 23.0 Å². The molecule has 2 aromatic rings.